The zero-order valence-electron chi connectivity index (χ0n) is 15.2. The molecule has 0 saturated carbocycles. The molecule has 0 aliphatic carbocycles. The van der Waals surface area contributed by atoms with Gasteiger partial charge in [0.05, 0.1) is 6.61 Å². The van der Waals surface area contributed by atoms with Gasteiger partial charge >= 0.3 is 0 Å². The number of piperidine rings is 1. The van der Waals surface area contributed by atoms with Gasteiger partial charge in [-0.1, -0.05) is 0 Å². The Labute approximate surface area is 153 Å². The second-order valence-electron chi connectivity index (χ2n) is 7.26. The third-order valence-electron chi connectivity index (χ3n) is 5.80. The van der Waals surface area contributed by atoms with Crippen molar-refractivity contribution in [1.82, 2.24) is 14.8 Å². The number of amides is 2. The molecule has 2 aliphatic heterocycles. The highest BCUT2D eigenvalue weighted by Gasteiger charge is 2.52. The van der Waals surface area contributed by atoms with E-state index >= 15 is 0 Å². The number of nitrogens with zero attached hydrogens (tertiary/aromatic N) is 2. The average Bonchev–Trinajstić information content (AvgIpc) is 3.29. The Kier molecular flexibility index (Phi) is 4.44. The SMILES string of the molecule is COCCN1CCCC2(CCCN2C(=O)c2ccc3[nH]ccc3c2)C1=O. The second-order valence-corrected chi connectivity index (χ2v) is 7.26. The van der Waals surface area contributed by atoms with Crippen molar-refractivity contribution in [2.75, 3.05) is 33.4 Å². The van der Waals surface area contributed by atoms with Gasteiger partial charge in [-0.25, -0.2) is 0 Å². The fourth-order valence-electron chi connectivity index (χ4n) is 4.48. The molecule has 1 atom stereocenters. The number of nitrogens with one attached hydrogen (secondary N) is 1. The number of H-pyrrole nitrogens is 1. The van der Waals surface area contributed by atoms with E-state index in [-0.39, 0.29) is 11.8 Å². The van der Waals surface area contributed by atoms with Crippen molar-refractivity contribution in [3.63, 3.8) is 0 Å². The summed E-state index contributed by atoms with van der Waals surface area (Å²) >= 11 is 0. The van der Waals surface area contributed by atoms with Gasteiger partial charge in [-0.2, -0.15) is 0 Å². The average molecular weight is 355 g/mol. The summed E-state index contributed by atoms with van der Waals surface area (Å²) in [6, 6.07) is 7.66. The number of aromatic nitrogens is 1. The highest BCUT2D eigenvalue weighted by molar-refractivity contribution is 6.02. The Morgan fingerprint density at radius 2 is 2.04 bits per heavy atom. The first-order valence-corrected chi connectivity index (χ1v) is 9.33. The molecule has 138 valence electrons. The monoisotopic (exact) mass is 355 g/mol. The largest absolute Gasteiger partial charge is 0.383 e. The van der Waals surface area contributed by atoms with E-state index in [0.717, 1.165) is 43.1 Å². The van der Waals surface area contributed by atoms with Gasteiger partial charge in [-0.05, 0) is 49.9 Å². The number of fused-ring (bicyclic) bond motifs is 1. The maximum absolute atomic E-state index is 13.3. The number of hydrogen-bond acceptors (Lipinski definition) is 3. The third kappa shape index (κ3) is 2.69. The predicted molar refractivity (Wildman–Crippen MR) is 99.0 cm³/mol. The van der Waals surface area contributed by atoms with Gasteiger partial charge in [0.25, 0.3) is 5.91 Å². The summed E-state index contributed by atoms with van der Waals surface area (Å²) in [5, 5.41) is 1.01. The minimum absolute atomic E-state index is 0.0347. The van der Waals surface area contributed by atoms with Crippen LogP contribution in [0.15, 0.2) is 30.5 Å². The van der Waals surface area contributed by atoms with Gasteiger partial charge in [0.2, 0.25) is 5.91 Å². The van der Waals surface area contributed by atoms with Crippen LogP contribution >= 0.6 is 0 Å². The highest BCUT2D eigenvalue weighted by atomic mass is 16.5. The summed E-state index contributed by atoms with van der Waals surface area (Å²) in [5.41, 5.74) is 0.994. The van der Waals surface area contributed by atoms with E-state index in [4.69, 9.17) is 4.74 Å². The van der Waals surface area contributed by atoms with E-state index in [2.05, 4.69) is 4.98 Å². The normalized spacial score (nSPS) is 23.3. The fraction of sp³-hybridized carbons (Fsp3) is 0.500. The first kappa shape index (κ1) is 17.1. The van der Waals surface area contributed by atoms with Crippen molar-refractivity contribution < 1.29 is 14.3 Å². The summed E-state index contributed by atoms with van der Waals surface area (Å²) in [6.07, 6.45) is 5.19. The van der Waals surface area contributed by atoms with E-state index in [9.17, 15) is 9.59 Å². The molecule has 2 amide bonds. The van der Waals surface area contributed by atoms with E-state index in [0.29, 0.717) is 25.3 Å². The lowest BCUT2D eigenvalue weighted by Gasteiger charge is -2.44. The number of carbonyl (C=O) groups excluding carboxylic acids is 2. The summed E-state index contributed by atoms with van der Waals surface area (Å²) in [7, 11) is 1.65. The van der Waals surface area contributed by atoms with Crippen molar-refractivity contribution in [2.45, 2.75) is 31.2 Å². The van der Waals surface area contributed by atoms with Gasteiger partial charge in [-0.3, -0.25) is 9.59 Å². The number of carbonyl (C=O) groups is 2. The number of likely N-dealkylation sites (tertiary alicyclic amines) is 2. The molecule has 0 bridgehead atoms. The number of methoxy groups -OCH3 is 1. The van der Waals surface area contributed by atoms with Crippen LogP contribution in [0, 0.1) is 0 Å². The highest BCUT2D eigenvalue weighted by Crippen LogP contribution is 2.39. The van der Waals surface area contributed by atoms with Gasteiger partial charge in [0, 0.05) is 49.4 Å². The van der Waals surface area contributed by atoms with E-state index in [1.165, 1.54) is 0 Å². The van der Waals surface area contributed by atoms with E-state index < -0.39 is 5.54 Å². The molecule has 2 fully saturated rings. The molecule has 3 heterocycles. The molecular weight excluding hydrogens is 330 g/mol. The molecule has 1 unspecified atom stereocenters. The molecular formula is C20H25N3O3. The minimum Gasteiger partial charge on any atom is -0.383 e. The van der Waals surface area contributed by atoms with Crippen LogP contribution in [-0.2, 0) is 9.53 Å². The zero-order valence-corrected chi connectivity index (χ0v) is 15.2. The standard InChI is InChI=1S/C20H25N3O3/c1-26-13-12-22-10-2-7-20(19(22)25)8-3-11-23(20)18(24)16-4-5-17-15(14-16)6-9-21-17/h4-6,9,14,21H,2-3,7-8,10-13H2,1H3. The zero-order chi connectivity index (χ0) is 18.1. The quantitative estimate of drug-likeness (QED) is 0.916. The number of rotatable bonds is 4. The minimum atomic E-state index is -0.670. The van der Waals surface area contributed by atoms with Crippen LogP contribution in [0.2, 0.25) is 0 Å². The summed E-state index contributed by atoms with van der Waals surface area (Å²) in [6.45, 7) is 2.52. The lowest BCUT2D eigenvalue weighted by molar-refractivity contribution is -0.146. The van der Waals surface area contributed by atoms with E-state index in [1.54, 1.807) is 7.11 Å². The Morgan fingerprint density at radius 3 is 2.85 bits per heavy atom. The van der Waals surface area contributed by atoms with Gasteiger partial charge in [0.1, 0.15) is 5.54 Å². The van der Waals surface area contributed by atoms with Gasteiger partial charge in [-0.15, -0.1) is 0 Å². The Hall–Kier alpha value is -2.34. The van der Waals surface area contributed by atoms with Crippen LogP contribution in [0.5, 0.6) is 0 Å². The second kappa shape index (κ2) is 6.76. The van der Waals surface area contributed by atoms with Crippen LogP contribution in [-0.4, -0.2) is 65.5 Å². The first-order valence-electron chi connectivity index (χ1n) is 9.33. The topological polar surface area (TPSA) is 65.6 Å². The Bertz CT molecular complexity index is 831. The molecule has 6 heteroatoms. The van der Waals surface area contributed by atoms with Crippen LogP contribution < -0.4 is 0 Å². The van der Waals surface area contributed by atoms with E-state index in [1.807, 2.05) is 40.3 Å². The Balaban J connectivity index is 1.62. The van der Waals surface area contributed by atoms with Crippen LogP contribution in [0.4, 0.5) is 0 Å². The number of hydrogen-bond donors (Lipinski definition) is 1. The molecule has 1 aromatic heterocycles. The molecule has 2 aromatic rings. The molecule has 4 rings (SSSR count). The number of benzene rings is 1. The smallest absolute Gasteiger partial charge is 0.254 e. The maximum atomic E-state index is 13.3. The van der Waals surface area contributed by atoms with Crippen molar-refractivity contribution in [3.8, 4) is 0 Å². The molecule has 0 radical (unpaired) electrons. The van der Waals surface area contributed by atoms with Crippen molar-refractivity contribution in [3.05, 3.63) is 36.0 Å². The molecule has 2 aliphatic rings. The van der Waals surface area contributed by atoms with Crippen LogP contribution in [0.1, 0.15) is 36.0 Å². The van der Waals surface area contributed by atoms with Crippen LogP contribution in [0.3, 0.4) is 0 Å². The maximum Gasteiger partial charge on any atom is 0.254 e. The summed E-state index contributed by atoms with van der Waals surface area (Å²) in [5.74, 6) is 0.0573. The summed E-state index contributed by atoms with van der Waals surface area (Å²) in [4.78, 5) is 33.4. The fourth-order valence-corrected chi connectivity index (χ4v) is 4.48. The lowest BCUT2D eigenvalue weighted by Crippen LogP contribution is -2.61. The molecule has 6 nitrogen and oxygen atoms in total. The predicted octanol–water partition coefficient (Wildman–Crippen LogP) is 2.41. The molecule has 1 aromatic carbocycles. The summed E-state index contributed by atoms with van der Waals surface area (Å²) < 4.78 is 5.14. The Morgan fingerprint density at radius 1 is 1.23 bits per heavy atom. The number of aromatic amines is 1. The molecule has 26 heavy (non-hydrogen) atoms. The van der Waals surface area contributed by atoms with Crippen molar-refractivity contribution in [1.29, 1.82) is 0 Å². The van der Waals surface area contributed by atoms with Crippen molar-refractivity contribution >= 4 is 22.7 Å². The third-order valence-corrected chi connectivity index (χ3v) is 5.80. The number of ether oxygens (including phenoxy) is 1. The lowest BCUT2D eigenvalue weighted by atomic mass is 9.85. The van der Waals surface area contributed by atoms with Crippen LogP contribution in [0.25, 0.3) is 10.9 Å². The molecule has 2 saturated heterocycles. The van der Waals surface area contributed by atoms with Gasteiger partial charge < -0.3 is 19.5 Å². The van der Waals surface area contributed by atoms with Gasteiger partial charge in [0.15, 0.2) is 0 Å². The molecule has 1 N–H and O–H groups in total. The first-order chi connectivity index (χ1) is 12.7. The van der Waals surface area contributed by atoms with Crippen molar-refractivity contribution in [2.24, 2.45) is 0 Å². The molecule has 1 spiro atoms.